The number of benzene rings is 2. The molecule has 0 radical (unpaired) electrons. The van der Waals surface area contributed by atoms with Gasteiger partial charge in [-0.25, -0.2) is 4.99 Å². The fourth-order valence-electron chi connectivity index (χ4n) is 2.93. The molecule has 0 spiro atoms. The Kier molecular flexibility index (Phi) is 2.45. The van der Waals surface area contributed by atoms with Crippen LogP contribution in [0, 0.1) is 0 Å². The Morgan fingerprint density at radius 2 is 1.83 bits per heavy atom. The molecule has 1 aliphatic heterocycles. The molecule has 0 amide bonds. The van der Waals surface area contributed by atoms with E-state index in [0.29, 0.717) is 6.02 Å². The molecule has 1 heterocycles. The van der Waals surface area contributed by atoms with Crippen LogP contribution in [0.2, 0.25) is 0 Å². The lowest BCUT2D eigenvalue weighted by atomic mass is 10.0. The maximum atomic E-state index is 5.85. The molecule has 4 heteroatoms. The van der Waals surface area contributed by atoms with E-state index < -0.39 is 0 Å². The minimum Gasteiger partial charge on any atom is -0.454 e. The maximum Gasteiger partial charge on any atom is 0.285 e. The Balaban J connectivity index is 0.000001000. The van der Waals surface area contributed by atoms with E-state index in [0.717, 1.165) is 0 Å². The van der Waals surface area contributed by atoms with Crippen LogP contribution < -0.4 is 5.32 Å². The molecule has 0 aromatic heterocycles. The summed E-state index contributed by atoms with van der Waals surface area (Å²) in [5.74, 6) is 0. The highest BCUT2D eigenvalue weighted by atomic mass is 35.5. The molecule has 2 atom stereocenters. The third kappa shape index (κ3) is 1.28. The number of aliphatic imine (C=N–C) groups is 1. The molecular formula is C14H13ClN2O. The molecule has 2 aromatic rings. The summed E-state index contributed by atoms with van der Waals surface area (Å²) in [6, 6.07) is 13.7. The van der Waals surface area contributed by atoms with Crippen molar-refractivity contribution in [2.45, 2.75) is 12.1 Å². The van der Waals surface area contributed by atoms with E-state index in [1.807, 2.05) is 0 Å². The molecule has 3 nitrogen and oxygen atoms in total. The number of rotatable bonds is 0. The topological polar surface area (TPSA) is 33.6 Å². The van der Waals surface area contributed by atoms with E-state index in [2.05, 4.69) is 46.7 Å². The first kappa shape index (κ1) is 11.4. The summed E-state index contributed by atoms with van der Waals surface area (Å²) in [4.78, 5) is 4.09. The van der Waals surface area contributed by atoms with Crippen LogP contribution in [0.3, 0.4) is 0 Å². The van der Waals surface area contributed by atoms with Gasteiger partial charge in [0.2, 0.25) is 0 Å². The van der Waals surface area contributed by atoms with Crippen LogP contribution in [0.1, 0.15) is 23.3 Å². The fourth-order valence-corrected chi connectivity index (χ4v) is 2.93. The molecule has 4 rings (SSSR count). The first-order chi connectivity index (χ1) is 8.38. The summed E-state index contributed by atoms with van der Waals surface area (Å²) in [6.45, 7) is 0. The number of halogens is 1. The van der Waals surface area contributed by atoms with Gasteiger partial charge in [-0.3, -0.25) is 0 Å². The second-order valence-corrected chi connectivity index (χ2v) is 4.48. The standard InChI is InChI=1S/C14H12N2O.ClH/c1-15-14-16-12-9-6-2-4-8-5-3-7-10(11(8)9)13(12)17-14;/h2-7,12-13H,1H3,(H,15,16);1H. The summed E-state index contributed by atoms with van der Waals surface area (Å²) in [5.41, 5.74) is 2.59. The third-order valence-electron chi connectivity index (χ3n) is 3.63. The van der Waals surface area contributed by atoms with Crippen molar-refractivity contribution in [3.8, 4) is 0 Å². The number of amidine groups is 1. The number of hydrogen-bond acceptors (Lipinski definition) is 2. The molecule has 0 bridgehead atoms. The van der Waals surface area contributed by atoms with Gasteiger partial charge in [0.05, 0.1) is 6.04 Å². The first-order valence-electron chi connectivity index (χ1n) is 5.80. The molecule has 0 saturated carbocycles. The van der Waals surface area contributed by atoms with Gasteiger partial charge in [-0.1, -0.05) is 36.4 Å². The van der Waals surface area contributed by atoms with Crippen molar-refractivity contribution < 1.29 is 4.74 Å². The molecule has 1 fully saturated rings. The van der Waals surface area contributed by atoms with Gasteiger partial charge < -0.3 is 10.1 Å². The van der Waals surface area contributed by atoms with Crippen molar-refractivity contribution in [1.29, 1.82) is 0 Å². The third-order valence-corrected chi connectivity index (χ3v) is 3.63. The zero-order chi connectivity index (χ0) is 11.4. The number of nitrogens with zero attached hydrogens (tertiary/aromatic N) is 1. The predicted octanol–water partition coefficient (Wildman–Crippen LogP) is 2.96. The fraction of sp³-hybridized carbons (Fsp3) is 0.214. The highest BCUT2D eigenvalue weighted by Crippen LogP contribution is 2.48. The van der Waals surface area contributed by atoms with Gasteiger partial charge in [-0.05, 0) is 16.3 Å². The normalized spacial score (nSPS) is 25.5. The highest BCUT2D eigenvalue weighted by Gasteiger charge is 2.41. The molecule has 2 aliphatic rings. The molecule has 92 valence electrons. The van der Waals surface area contributed by atoms with Crippen molar-refractivity contribution in [2.24, 2.45) is 4.99 Å². The van der Waals surface area contributed by atoms with Crippen LogP contribution in [0.5, 0.6) is 0 Å². The zero-order valence-electron chi connectivity index (χ0n) is 9.88. The van der Waals surface area contributed by atoms with Gasteiger partial charge in [-0.2, -0.15) is 0 Å². The van der Waals surface area contributed by atoms with E-state index in [-0.39, 0.29) is 24.6 Å². The summed E-state index contributed by atoms with van der Waals surface area (Å²) in [6.07, 6.45) is 0.0785. The second-order valence-electron chi connectivity index (χ2n) is 4.48. The van der Waals surface area contributed by atoms with E-state index in [1.54, 1.807) is 7.05 Å². The summed E-state index contributed by atoms with van der Waals surface area (Å²) in [5, 5.41) is 5.96. The van der Waals surface area contributed by atoms with E-state index >= 15 is 0 Å². The average molecular weight is 261 g/mol. The number of nitrogens with one attached hydrogen (secondary N) is 1. The van der Waals surface area contributed by atoms with E-state index in [4.69, 9.17) is 4.74 Å². The number of hydrogen-bond donors (Lipinski definition) is 1. The Labute approximate surface area is 111 Å². The minimum absolute atomic E-state index is 0. The van der Waals surface area contributed by atoms with E-state index in [9.17, 15) is 0 Å². The van der Waals surface area contributed by atoms with Crippen molar-refractivity contribution in [3.05, 3.63) is 47.5 Å². The lowest BCUT2D eigenvalue weighted by Gasteiger charge is -2.07. The average Bonchev–Trinajstić information content (AvgIpc) is 2.91. The Hall–Kier alpha value is -1.74. The maximum absolute atomic E-state index is 5.85. The van der Waals surface area contributed by atoms with Gasteiger partial charge in [0.15, 0.2) is 6.10 Å². The first-order valence-corrected chi connectivity index (χ1v) is 5.80. The Bertz CT molecular complexity index is 605. The molecule has 18 heavy (non-hydrogen) atoms. The van der Waals surface area contributed by atoms with Crippen LogP contribution in [0.4, 0.5) is 0 Å². The van der Waals surface area contributed by atoms with Crippen molar-refractivity contribution >= 4 is 29.2 Å². The van der Waals surface area contributed by atoms with Crippen LogP contribution >= 0.6 is 12.4 Å². The minimum atomic E-state index is 0. The lowest BCUT2D eigenvalue weighted by Crippen LogP contribution is -2.19. The molecule has 1 N–H and O–H groups in total. The van der Waals surface area contributed by atoms with Gasteiger partial charge in [0, 0.05) is 12.6 Å². The SMILES string of the molecule is CN=C1NC2c3cccc4cccc(c34)C2O1.Cl. The van der Waals surface area contributed by atoms with Gasteiger partial charge >= 0.3 is 0 Å². The van der Waals surface area contributed by atoms with E-state index in [1.165, 1.54) is 21.9 Å². The monoisotopic (exact) mass is 260 g/mol. The second kappa shape index (κ2) is 3.89. The zero-order valence-corrected chi connectivity index (χ0v) is 10.7. The number of ether oxygens (including phenoxy) is 1. The van der Waals surface area contributed by atoms with Crippen LogP contribution in [-0.4, -0.2) is 13.1 Å². The smallest absolute Gasteiger partial charge is 0.285 e. The van der Waals surface area contributed by atoms with Crippen LogP contribution in [0.15, 0.2) is 41.4 Å². The lowest BCUT2D eigenvalue weighted by molar-refractivity contribution is 0.212. The highest BCUT2D eigenvalue weighted by molar-refractivity contribution is 5.94. The molecular weight excluding hydrogens is 248 g/mol. The number of fused-ring (bicyclic) bond motifs is 3. The molecule has 1 aliphatic carbocycles. The Morgan fingerprint density at radius 1 is 1.11 bits per heavy atom. The van der Waals surface area contributed by atoms with Crippen LogP contribution in [-0.2, 0) is 4.74 Å². The van der Waals surface area contributed by atoms with Gasteiger partial charge in [-0.15, -0.1) is 12.4 Å². The van der Waals surface area contributed by atoms with Crippen molar-refractivity contribution in [2.75, 3.05) is 7.05 Å². The predicted molar refractivity (Wildman–Crippen MR) is 74.3 cm³/mol. The van der Waals surface area contributed by atoms with Crippen LogP contribution in [0.25, 0.3) is 10.8 Å². The molecule has 2 aromatic carbocycles. The summed E-state index contributed by atoms with van der Waals surface area (Å²) < 4.78 is 5.85. The van der Waals surface area contributed by atoms with Gasteiger partial charge in [0.1, 0.15) is 0 Å². The summed E-state index contributed by atoms with van der Waals surface area (Å²) in [7, 11) is 1.75. The van der Waals surface area contributed by atoms with Crippen molar-refractivity contribution in [1.82, 2.24) is 5.32 Å². The molecule has 2 unspecified atom stereocenters. The van der Waals surface area contributed by atoms with Crippen molar-refractivity contribution in [3.63, 3.8) is 0 Å². The Morgan fingerprint density at radius 3 is 2.56 bits per heavy atom. The largest absolute Gasteiger partial charge is 0.454 e. The molecule has 1 saturated heterocycles. The van der Waals surface area contributed by atoms with Gasteiger partial charge in [0.25, 0.3) is 6.02 Å². The quantitative estimate of drug-likeness (QED) is 0.790. The summed E-state index contributed by atoms with van der Waals surface area (Å²) >= 11 is 0.